The quantitative estimate of drug-likeness (QED) is 0.700. The Morgan fingerprint density at radius 3 is 2.29 bits per heavy atom. The zero-order chi connectivity index (χ0) is 9.10. The molecule has 0 aliphatic carbocycles. The number of halogens is 1. The molecule has 0 saturated carbocycles. The SMILES string of the molecule is CN1CCC[C@@H]1CN1CCCCC1.Cl. The summed E-state index contributed by atoms with van der Waals surface area (Å²) in [7, 11) is 2.28. The predicted octanol–water partition coefficient (Wildman–Crippen LogP) is 1.99. The number of hydrogen-bond donors (Lipinski definition) is 0. The molecule has 2 heterocycles. The van der Waals surface area contributed by atoms with Crippen molar-refractivity contribution >= 4 is 12.4 Å². The first-order valence-electron chi connectivity index (χ1n) is 5.79. The van der Waals surface area contributed by atoms with Crippen molar-refractivity contribution in [1.29, 1.82) is 0 Å². The van der Waals surface area contributed by atoms with Gasteiger partial charge in [-0.05, 0) is 52.4 Å². The van der Waals surface area contributed by atoms with Crippen molar-refractivity contribution in [3.8, 4) is 0 Å². The molecule has 0 bridgehead atoms. The first kappa shape index (κ1) is 12.3. The third kappa shape index (κ3) is 3.11. The lowest BCUT2D eigenvalue weighted by molar-refractivity contribution is 0.169. The Kier molecular flexibility index (Phi) is 5.21. The lowest BCUT2D eigenvalue weighted by Gasteiger charge is -2.31. The van der Waals surface area contributed by atoms with E-state index in [1.54, 1.807) is 0 Å². The Hall–Kier alpha value is 0.210. The number of likely N-dealkylation sites (tertiary alicyclic amines) is 2. The molecular weight excluding hydrogens is 196 g/mol. The molecule has 2 nitrogen and oxygen atoms in total. The van der Waals surface area contributed by atoms with Gasteiger partial charge in [0, 0.05) is 12.6 Å². The molecule has 1 atom stereocenters. The van der Waals surface area contributed by atoms with Gasteiger partial charge in [-0.3, -0.25) is 0 Å². The van der Waals surface area contributed by atoms with Crippen LogP contribution >= 0.6 is 12.4 Å². The van der Waals surface area contributed by atoms with E-state index in [0.29, 0.717) is 0 Å². The smallest absolute Gasteiger partial charge is 0.0220 e. The third-order valence-electron chi connectivity index (χ3n) is 3.59. The van der Waals surface area contributed by atoms with Crippen LogP contribution in [0.2, 0.25) is 0 Å². The van der Waals surface area contributed by atoms with Gasteiger partial charge >= 0.3 is 0 Å². The summed E-state index contributed by atoms with van der Waals surface area (Å²) in [5, 5.41) is 0. The van der Waals surface area contributed by atoms with E-state index in [1.807, 2.05) is 0 Å². The maximum absolute atomic E-state index is 2.66. The van der Waals surface area contributed by atoms with E-state index in [1.165, 1.54) is 58.3 Å². The second kappa shape index (κ2) is 5.94. The summed E-state index contributed by atoms with van der Waals surface area (Å²) in [4.78, 5) is 5.20. The van der Waals surface area contributed by atoms with Crippen molar-refractivity contribution in [3.63, 3.8) is 0 Å². The van der Waals surface area contributed by atoms with Crippen LogP contribution in [0.1, 0.15) is 32.1 Å². The van der Waals surface area contributed by atoms with Gasteiger partial charge in [-0.1, -0.05) is 6.42 Å². The Labute approximate surface area is 94.0 Å². The maximum Gasteiger partial charge on any atom is 0.0220 e. The monoisotopic (exact) mass is 218 g/mol. The van der Waals surface area contributed by atoms with Gasteiger partial charge in [0.25, 0.3) is 0 Å². The molecule has 0 aromatic carbocycles. The topological polar surface area (TPSA) is 6.48 Å². The van der Waals surface area contributed by atoms with Crippen LogP contribution in [0.3, 0.4) is 0 Å². The molecule has 0 unspecified atom stereocenters. The molecule has 2 aliphatic rings. The summed E-state index contributed by atoms with van der Waals surface area (Å²) < 4.78 is 0. The van der Waals surface area contributed by atoms with Crippen LogP contribution in [-0.4, -0.2) is 49.1 Å². The molecule has 0 spiro atoms. The standard InChI is InChI=1S/C11H22N2.ClH/c1-12-7-5-6-11(12)10-13-8-3-2-4-9-13;/h11H,2-10H2,1H3;1H/t11-;/m1./s1. The first-order chi connectivity index (χ1) is 6.36. The average Bonchev–Trinajstić information content (AvgIpc) is 2.54. The summed E-state index contributed by atoms with van der Waals surface area (Å²) in [6.07, 6.45) is 7.14. The molecule has 2 fully saturated rings. The highest BCUT2D eigenvalue weighted by Gasteiger charge is 2.23. The van der Waals surface area contributed by atoms with Crippen molar-refractivity contribution in [3.05, 3.63) is 0 Å². The number of rotatable bonds is 2. The van der Waals surface area contributed by atoms with E-state index < -0.39 is 0 Å². The molecule has 3 heteroatoms. The summed E-state index contributed by atoms with van der Waals surface area (Å²) in [6.45, 7) is 5.35. The molecule has 0 aromatic rings. The Balaban J connectivity index is 0.000000980. The van der Waals surface area contributed by atoms with Crippen molar-refractivity contribution in [1.82, 2.24) is 9.80 Å². The largest absolute Gasteiger partial charge is 0.302 e. The third-order valence-corrected chi connectivity index (χ3v) is 3.59. The average molecular weight is 219 g/mol. The van der Waals surface area contributed by atoms with Crippen LogP contribution in [0.25, 0.3) is 0 Å². The highest BCUT2D eigenvalue weighted by molar-refractivity contribution is 5.85. The molecule has 0 radical (unpaired) electrons. The number of hydrogen-bond acceptors (Lipinski definition) is 2. The van der Waals surface area contributed by atoms with Gasteiger partial charge in [-0.25, -0.2) is 0 Å². The highest BCUT2D eigenvalue weighted by atomic mass is 35.5. The van der Waals surface area contributed by atoms with Crippen LogP contribution < -0.4 is 0 Å². The highest BCUT2D eigenvalue weighted by Crippen LogP contribution is 2.18. The summed E-state index contributed by atoms with van der Waals surface area (Å²) in [6, 6.07) is 0.859. The Morgan fingerprint density at radius 1 is 1.00 bits per heavy atom. The van der Waals surface area contributed by atoms with Gasteiger partial charge in [0.05, 0.1) is 0 Å². The van der Waals surface area contributed by atoms with Gasteiger partial charge in [0.1, 0.15) is 0 Å². The zero-order valence-corrected chi connectivity index (χ0v) is 10.1. The van der Waals surface area contributed by atoms with Crippen LogP contribution in [0, 0.1) is 0 Å². The number of piperidine rings is 1. The van der Waals surface area contributed by atoms with Crippen molar-refractivity contribution in [2.75, 3.05) is 33.2 Å². The Morgan fingerprint density at radius 2 is 1.71 bits per heavy atom. The number of likely N-dealkylation sites (N-methyl/N-ethyl adjacent to an activating group) is 1. The van der Waals surface area contributed by atoms with Gasteiger partial charge in [-0.15, -0.1) is 12.4 Å². The van der Waals surface area contributed by atoms with Gasteiger partial charge in [0.15, 0.2) is 0 Å². The van der Waals surface area contributed by atoms with Crippen LogP contribution in [0.15, 0.2) is 0 Å². The van der Waals surface area contributed by atoms with E-state index in [-0.39, 0.29) is 12.4 Å². The Bertz CT molecular complexity index is 157. The van der Waals surface area contributed by atoms with Crippen molar-refractivity contribution in [2.45, 2.75) is 38.1 Å². The van der Waals surface area contributed by atoms with Crippen LogP contribution in [0.4, 0.5) is 0 Å². The minimum atomic E-state index is 0. The second-order valence-electron chi connectivity index (χ2n) is 4.64. The lowest BCUT2D eigenvalue weighted by atomic mass is 10.1. The fourth-order valence-electron chi connectivity index (χ4n) is 2.65. The van der Waals surface area contributed by atoms with Gasteiger partial charge in [0.2, 0.25) is 0 Å². The van der Waals surface area contributed by atoms with Crippen molar-refractivity contribution in [2.24, 2.45) is 0 Å². The summed E-state index contributed by atoms with van der Waals surface area (Å²) >= 11 is 0. The molecular formula is C11H23ClN2. The molecule has 14 heavy (non-hydrogen) atoms. The number of nitrogens with zero attached hydrogens (tertiary/aromatic N) is 2. The van der Waals surface area contributed by atoms with Gasteiger partial charge < -0.3 is 9.80 Å². The first-order valence-corrected chi connectivity index (χ1v) is 5.79. The summed E-state index contributed by atoms with van der Waals surface area (Å²) in [5.41, 5.74) is 0. The normalized spacial score (nSPS) is 30.2. The van der Waals surface area contributed by atoms with Crippen molar-refractivity contribution < 1.29 is 0 Å². The molecule has 84 valence electrons. The fourth-order valence-corrected chi connectivity index (χ4v) is 2.65. The van der Waals surface area contributed by atoms with E-state index in [0.717, 1.165) is 6.04 Å². The summed E-state index contributed by atoms with van der Waals surface area (Å²) in [5.74, 6) is 0. The molecule has 0 aromatic heterocycles. The maximum atomic E-state index is 2.66. The molecule has 2 rings (SSSR count). The van der Waals surface area contributed by atoms with E-state index in [4.69, 9.17) is 0 Å². The van der Waals surface area contributed by atoms with E-state index in [9.17, 15) is 0 Å². The van der Waals surface area contributed by atoms with E-state index >= 15 is 0 Å². The van der Waals surface area contributed by atoms with E-state index in [2.05, 4.69) is 16.8 Å². The van der Waals surface area contributed by atoms with Crippen LogP contribution in [0.5, 0.6) is 0 Å². The van der Waals surface area contributed by atoms with Crippen LogP contribution in [-0.2, 0) is 0 Å². The molecule has 0 N–H and O–H groups in total. The van der Waals surface area contributed by atoms with Gasteiger partial charge in [-0.2, -0.15) is 0 Å². The second-order valence-corrected chi connectivity index (χ2v) is 4.64. The minimum absolute atomic E-state index is 0. The lowest BCUT2D eigenvalue weighted by Crippen LogP contribution is -2.40. The molecule has 0 amide bonds. The zero-order valence-electron chi connectivity index (χ0n) is 9.24. The fraction of sp³-hybridized carbons (Fsp3) is 1.00. The minimum Gasteiger partial charge on any atom is -0.302 e. The predicted molar refractivity (Wildman–Crippen MR) is 63.2 cm³/mol. The molecule has 2 aliphatic heterocycles. The molecule has 2 saturated heterocycles.